The van der Waals surface area contributed by atoms with Crippen molar-refractivity contribution in [2.24, 2.45) is 0 Å². The highest BCUT2D eigenvalue weighted by Crippen LogP contribution is 2.34. The molecule has 0 bridgehead atoms. The fraction of sp³-hybridized carbons (Fsp3) is 0.167. The average Bonchev–Trinajstić information content (AvgIpc) is 2.78. The Balaban J connectivity index is 1.31. The third-order valence-corrected chi connectivity index (χ3v) is 5.41. The fourth-order valence-electron chi connectivity index (χ4n) is 3.36. The van der Waals surface area contributed by atoms with E-state index in [4.69, 9.17) is 4.74 Å². The molecule has 1 aliphatic heterocycles. The molecule has 2 N–H and O–H groups in total. The van der Waals surface area contributed by atoms with Crippen molar-refractivity contribution in [3.05, 3.63) is 82.8 Å². The van der Waals surface area contributed by atoms with Crippen LogP contribution >= 0.6 is 15.9 Å². The molecule has 0 aliphatic carbocycles. The van der Waals surface area contributed by atoms with Crippen LogP contribution in [0.5, 0.6) is 5.75 Å². The second-order valence-electron chi connectivity index (χ2n) is 7.17. The summed E-state index contributed by atoms with van der Waals surface area (Å²) < 4.78 is 6.31. The topological polar surface area (TPSA) is 70.7 Å². The van der Waals surface area contributed by atoms with Gasteiger partial charge in [0.1, 0.15) is 12.3 Å². The Bertz CT molecular complexity index is 1070. The molecule has 31 heavy (non-hydrogen) atoms. The van der Waals surface area contributed by atoms with Crippen molar-refractivity contribution in [3.8, 4) is 5.75 Å². The fourth-order valence-corrected chi connectivity index (χ4v) is 3.70. The Morgan fingerprint density at radius 1 is 1.00 bits per heavy atom. The van der Waals surface area contributed by atoms with Crippen molar-refractivity contribution in [2.75, 3.05) is 35.2 Å². The summed E-state index contributed by atoms with van der Waals surface area (Å²) in [7, 11) is 0. The van der Waals surface area contributed by atoms with Crippen LogP contribution in [0.4, 0.5) is 17.1 Å². The first-order chi connectivity index (χ1) is 15.1. The van der Waals surface area contributed by atoms with Gasteiger partial charge in [0.2, 0.25) is 5.91 Å². The van der Waals surface area contributed by atoms with Crippen LogP contribution in [0.3, 0.4) is 0 Å². The number of carbonyl (C=O) groups is 2. The molecule has 1 aliphatic rings. The van der Waals surface area contributed by atoms with E-state index in [0.717, 1.165) is 23.1 Å². The summed E-state index contributed by atoms with van der Waals surface area (Å²) in [6, 6.07) is 23.2. The van der Waals surface area contributed by atoms with Gasteiger partial charge in [0.25, 0.3) is 5.91 Å². The first-order valence-electron chi connectivity index (χ1n) is 9.99. The molecule has 3 aromatic carbocycles. The SMILES string of the molecule is O=C(CN1C(=O)COc2cc(Br)ccc21)Nc1ccc(NCCc2ccccc2)cc1. The summed E-state index contributed by atoms with van der Waals surface area (Å²) in [4.78, 5) is 26.3. The predicted molar refractivity (Wildman–Crippen MR) is 126 cm³/mol. The normalized spacial score (nSPS) is 12.7. The maximum Gasteiger partial charge on any atom is 0.265 e. The first kappa shape index (κ1) is 20.9. The molecule has 158 valence electrons. The van der Waals surface area contributed by atoms with E-state index in [1.54, 1.807) is 12.1 Å². The summed E-state index contributed by atoms with van der Waals surface area (Å²) in [5.74, 6) is 0.0598. The minimum Gasteiger partial charge on any atom is -0.482 e. The number of nitrogens with zero attached hydrogens (tertiary/aromatic N) is 1. The van der Waals surface area contributed by atoms with Crippen LogP contribution in [0.2, 0.25) is 0 Å². The molecule has 0 saturated carbocycles. The van der Waals surface area contributed by atoms with E-state index < -0.39 is 0 Å². The second kappa shape index (κ2) is 9.66. The molecular formula is C24H22BrN3O3. The lowest BCUT2D eigenvalue weighted by molar-refractivity contribution is -0.123. The molecule has 0 fully saturated rings. The maximum absolute atomic E-state index is 12.5. The third-order valence-electron chi connectivity index (χ3n) is 4.92. The number of hydrogen-bond acceptors (Lipinski definition) is 4. The molecule has 6 nitrogen and oxygen atoms in total. The highest BCUT2D eigenvalue weighted by atomic mass is 79.9. The Morgan fingerprint density at radius 2 is 1.74 bits per heavy atom. The van der Waals surface area contributed by atoms with Crippen LogP contribution < -0.4 is 20.3 Å². The van der Waals surface area contributed by atoms with Gasteiger partial charge in [-0.1, -0.05) is 46.3 Å². The quantitative estimate of drug-likeness (QED) is 0.524. The Hall–Kier alpha value is -3.32. The zero-order valence-corrected chi connectivity index (χ0v) is 18.4. The molecule has 0 spiro atoms. The van der Waals surface area contributed by atoms with E-state index in [9.17, 15) is 9.59 Å². The van der Waals surface area contributed by atoms with E-state index >= 15 is 0 Å². The van der Waals surface area contributed by atoms with Crippen LogP contribution in [0.15, 0.2) is 77.3 Å². The number of fused-ring (bicyclic) bond motifs is 1. The average molecular weight is 480 g/mol. The number of carbonyl (C=O) groups excluding carboxylic acids is 2. The second-order valence-corrected chi connectivity index (χ2v) is 8.08. The highest BCUT2D eigenvalue weighted by Gasteiger charge is 2.27. The van der Waals surface area contributed by atoms with Gasteiger partial charge >= 0.3 is 0 Å². The van der Waals surface area contributed by atoms with Crippen LogP contribution in [-0.4, -0.2) is 31.5 Å². The van der Waals surface area contributed by atoms with E-state index in [2.05, 4.69) is 38.7 Å². The van der Waals surface area contributed by atoms with Gasteiger partial charge in [0.05, 0.1) is 5.69 Å². The monoisotopic (exact) mass is 479 g/mol. The van der Waals surface area contributed by atoms with Crippen molar-refractivity contribution >= 4 is 44.8 Å². The molecule has 0 radical (unpaired) electrons. The van der Waals surface area contributed by atoms with Crippen molar-refractivity contribution in [3.63, 3.8) is 0 Å². The zero-order valence-electron chi connectivity index (χ0n) is 16.8. The zero-order chi connectivity index (χ0) is 21.6. The number of rotatable bonds is 7. The largest absolute Gasteiger partial charge is 0.482 e. The Labute approximate surface area is 189 Å². The van der Waals surface area contributed by atoms with Gasteiger partial charge in [0, 0.05) is 22.4 Å². The van der Waals surface area contributed by atoms with Crippen molar-refractivity contribution in [1.29, 1.82) is 0 Å². The van der Waals surface area contributed by atoms with Gasteiger partial charge in [-0.3, -0.25) is 14.5 Å². The highest BCUT2D eigenvalue weighted by molar-refractivity contribution is 9.10. The van der Waals surface area contributed by atoms with Gasteiger partial charge in [-0.2, -0.15) is 0 Å². The lowest BCUT2D eigenvalue weighted by Gasteiger charge is -2.29. The number of hydrogen-bond donors (Lipinski definition) is 2. The van der Waals surface area contributed by atoms with E-state index in [-0.39, 0.29) is 25.0 Å². The molecule has 3 aromatic rings. The van der Waals surface area contributed by atoms with Crippen LogP contribution in [0.25, 0.3) is 0 Å². The number of nitrogens with one attached hydrogen (secondary N) is 2. The van der Waals surface area contributed by atoms with Crippen LogP contribution in [0.1, 0.15) is 5.56 Å². The minimum absolute atomic E-state index is 0.0755. The number of anilines is 3. The minimum atomic E-state index is -0.270. The smallest absolute Gasteiger partial charge is 0.265 e. The summed E-state index contributed by atoms with van der Waals surface area (Å²) in [6.45, 7) is 0.665. The van der Waals surface area contributed by atoms with Gasteiger partial charge in [-0.25, -0.2) is 0 Å². The number of ether oxygens (including phenoxy) is 1. The van der Waals surface area contributed by atoms with Gasteiger partial charge < -0.3 is 15.4 Å². The third kappa shape index (κ3) is 5.44. The number of benzene rings is 3. The summed E-state index contributed by atoms with van der Waals surface area (Å²) >= 11 is 3.39. The predicted octanol–water partition coefficient (Wildman–Crippen LogP) is 4.47. The van der Waals surface area contributed by atoms with Gasteiger partial charge in [-0.15, -0.1) is 0 Å². The lowest BCUT2D eigenvalue weighted by atomic mass is 10.1. The molecule has 7 heteroatoms. The van der Waals surface area contributed by atoms with E-state index in [1.165, 1.54) is 10.5 Å². The lowest BCUT2D eigenvalue weighted by Crippen LogP contribution is -2.43. The molecule has 0 saturated heterocycles. The molecule has 4 rings (SSSR count). The number of halogens is 1. The Kier molecular flexibility index (Phi) is 6.52. The summed E-state index contributed by atoms with van der Waals surface area (Å²) in [5, 5.41) is 6.23. The molecular weight excluding hydrogens is 458 g/mol. The van der Waals surface area contributed by atoms with Crippen molar-refractivity contribution < 1.29 is 14.3 Å². The van der Waals surface area contributed by atoms with Crippen molar-refractivity contribution in [2.45, 2.75) is 6.42 Å². The summed E-state index contributed by atoms with van der Waals surface area (Å²) in [5.41, 5.74) is 3.53. The van der Waals surface area contributed by atoms with Gasteiger partial charge in [0.15, 0.2) is 6.61 Å². The first-order valence-corrected chi connectivity index (χ1v) is 10.8. The van der Waals surface area contributed by atoms with Crippen LogP contribution in [-0.2, 0) is 16.0 Å². The molecule has 0 aromatic heterocycles. The maximum atomic E-state index is 12.5. The molecule has 1 heterocycles. The Morgan fingerprint density at radius 3 is 2.52 bits per heavy atom. The molecule has 0 unspecified atom stereocenters. The van der Waals surface area contributed by atoms with Crippen LogP contribution in [0, 0.1) is 0 Å². The van der Waals surface area contributed by atoms with E-state index in [0.29, 0.717) is 17.1 Å². The van der Waals surface area contributed by atoms with Gasteiger partial charge in [-0.05, 0) is 54.4 Å². The van der Waals surface area contributed by atoms with Crippen molar-refractivity contribution in [1.82, 2.24) is 0 Å². The number of amides is 2. The summed E-state index contributed by atoms with van der Waals surface area (Å²) in [6.07, 6.45) is 0.935. The molecule has 0 atom stereocenters. The standard InChI is InChI=1S/C24H22BrN3O3/c25-18-6-11-21-22(14-18)31-16-24(30)28(21)15-23(29)27-20-9-7-19(8-10-20)26-13-12-17-4-2-1-3-5-17/h1-11,14,26H,12-13,15-16H2,(H,27,29). The van der Waals surface area contributed by atoms with E-state index in [1.807, 2.05) is 48.5 Å². The molecule has 2 amide bonds.